The Hall–Kier alpha value is -1.63. The molecule has 7 nitrogen and oxygen atoms in total. The first kappa shape index (κ1) is 13.4. The van der Waals surface area contributed by atoms with Crippen LogP contribution in [-0.2, 0) is 14.4 Å². The number of rotatable bonds is 5. The van der Waals surface area contributed by atoms with E-state index in [-0.39, 0.29) is 18.2 Å². The number of nitrogens with two attached hydrogens (primary N) is 1. The predicted octanol–water partition coefficient (Wildman–Crippen LogP) is -1.57. The molecule has 0 bridgehead atoms. The van der Waals surface area contributed by atoms with Gasteiger partial charge < -0.3 is 21.5 Å². The molecule has 0 aromatic heterocycles. The van der Waals surface area contributed by atoms with Crippen LogP contribution in [0.15, 0.2) is 0 Å². The minimum atomic E-state index is -1.25. The van der Waals surface area contributed by atoms with Crippen LogP contribution >= 0.6 is 0 Å². The molecule has 96 valence electrons. The van der Waals surface area contributed by atoms with Gasteiger partial charge in [-0.05, 0) is 19.4 Å². The molecular weight excluding hydrogens is 226 g/mol. The van der Waals surface area contributed by atoms with E-state index >= 15 is 0 Å². The molecule has 1 saturated heterocycles. The molecule has 7 heteroatoms. The minimum absolute atomic E-state index is 0.238. The SMILES string of the molecule is NC(=O)CC(NC(=O)[C@@H]1CCCNC1)C(=O)O. The van der Waals surface area contributed by atoms with Crippen LogP contribution in [0.25, 0.3) is 0 Å². The minimum Gasteiger partial charge on any atom is -0.480 e. The summed E-state index contributed by atoms with van der Waals surface area (Å²) in [7, 11) is 0. The highest BCUT2D eigenvalue weighted by atomic mass is 16.4. The average Bonchev–Trinajstić information content (AvgIpc) is 2.28. The zero-order valence-electron chi connectivity index (χ0n) is 9.44. The van der Waals surface area contributed by atoms with E-state index < -0.39 is 17.9 Å². The normalized spacial score (nSPS) is 21.5. The molecular formula is C10H17N3O4. The lowest BCUT2D eigenvalue weighted by molar-refractivity contribution is -0.144. The van der Waals surface area contributed by atoms with Gasteiger partial charge >= 0.3 is 5.97 Å². The van der Waals surface area contributed by atoms with E-state index in [9.17, 15) is 14.4 Å². The summed E-state index contributed by atoms with van der Waals surface area (Å²) in [5, 5.41) is 14.2. The van der Waals surface area contributed by atoms with Crippen molar-refractivity contribution in [2.24, 2.45) is 11.7 Å². The Morgan fingerprint density at radius 2 is 2.18 bits per heavy atom. The van der Waals surface area contributed by atoms with Crippen LogP contribution in [0.5, 0.6) is 0 Å². The number of hydrogen-bond donors (Lipinski definition) is 4. The summed E-state index contributed by atoms with van der Waals surface area (Å²) in [5.41, 5.74) is 4.92. The van der Waals surface area contributed by atoms with Crippen molar-refractivity contribution >= 4 is 17.8 Å². The van der Waals surface area contributed by atoms with Gasteiger partial charge in [0.15, 0.2) is 0 Å². The molecule has 0 spiro atoms. The molecule has 1 heterocycles. The molecule has 0 saturated carbocycles. The van der Waals surface area contributed by atoms with Crippen molar-refractivity contribution in [2.45, 2.75) is 25.3 Å². The maximum absolute atomic E-state index is 11.7. The highest BCUT2D eigenvalue weighted by molar-refractivity contribution is 5.89. The number of carbonyl (C=O) groups is 3. The third kappa shape index (κ3) is 4.39. The van der Waals surface area contributed by atoms with Crippen molar-refractivity contribution in [2.75, 3.05) is 13.1 Å². The Kier molecular flexibility index (Phi) is 4.89. The van der Waals surface area contributed by atoms with E-state index in [2.05, 4.69) is 10.6 Å². The van der Waals surface area contributed by atoms with Crippen LogP contribution < -0.4 is 16.4 Å². The highest BCUT2D eigenvalue weighted by Gasteiger charge is 2.27. The summed E-state index contributed by atoms with van der Waals surface area (Å²) in [5.74, 6) is -2.58. The quantitative estimate of drug-likeness (QED) is 0.465. The van der Waals surface area contributed by atoms with Crippen LogP contribution in [0.3, 0.4) is 0 Å². The molecule has 2 amide bonds. The van der Waals surface area contributed by atoms with Crippen LogP contribution in [-0.4, -0.2) is 42.0 Å². The van der Waals surface area contributed by atoms with Gasteiger partial charge in [-0.15, -0.1) is 0 Å². The summed E-state index contributed by atoms with van der Waals surface area (Å²) in [6, 6.07) is -1.23. The van der Waals surface area contributed by atoms with Crippen molar-refractivity contribution in [1.29, 1.82) is 0 Å². The summed E-state index contributed by atoms with van der Waals surface area (Å²) in [6.07, 6.45) is 1.22. The van der Waals surface area contributed by atoms with Crippen LogP contribution in [0.1, 0.15) is 19.3 Å². The Balaban J connectivity index is 2.50. The molecule has 1 aliphatic rings. The van der Waals surface area contributed by atoms with Gasteiger partial charge in [-0.25, -0.2) is 4.79 Å². The second-order valence-electron chi connectivity index (χ2n) is 4.11. The number of aliphatic carboxylic acids is 1. The maximum atomic E-state index is 11.7. The van der Waals surface area contributed by atoms with Crippen molar-refractivity contribution in [3.63, 3.8) is 0 Å². The second kappa shape index (κ2) is 6.19. The fourth-order valence-electron chi connectivity index (χ4n) is 1.77. The monoisotopic (exact) mass is 243 g/mol. The molecule has 1 aliphatic heterocycles. The van der Waals surface area contributed by atoms with E-state index in [1.165, 1.54) is 0 Å². The number of hydrogen-bond acceptors (Lipinski definition) is 4. The number of amides is 2. The largest absolute Gasteiger partial charge is 0.480 e. The lowest BCUT2D eigenvalue weighted by atomic mass is 9.98. The summed E-state index contributed by atoms with van der Waals surface area (Å²) < 4.78 is 0. The van der Waals surface area contributed by atoms with Gasteiger partial charge in [0, 0.05) is 6.54 Å². The lowest BCUT2D eigenvalue weighted by Crippen LogP contribution is -2.48. The highest BCUT2D eigenvalue weighted by Crippen LogP contribution is 2.10. The van der Waals surface area contributed by atoms with Gasteiger partial charge in [0.25, 0.3) is 0 Å². The van der Waals surface area contributed by atoms with Gasteiger partial charge in [0.2, 0.25) is 11.8 Å². The first-order valence-corrected chi connectivity index (χ1v) is 5.53. The Morgan fingerprint density at radius 3 is 2.65 bits per heavy atom. The molecule has 1 fully saturated rings. The van der Waals surface area contributed by atoms with Crippen molar-refractivity contribution in [3.05, 3.63) is 0 Å². The third-order valence-electron chi connectivity index (χ3n) is 2.69. The molecule has 0 aromatic rings. The average molecular weight is 243 g/mol. The molecule has 2 atom stereocenters. The topological polar surface area (TPSA) is 122 Å². The number of piperidine rings is 1. The lowest BCUT2D eigenvalue weighted by Gasteiger charge is -2.23. The van der Waals surface area contributed by atoms with Crippen LogP contribution in [0, 0.1) is 5.92 Å². The predicted molar refractivity (Wildman–Crippen MR) is 59.0 cm³/mol. The summed E-state index contributed by atoms with van der Waals surface area (Å²) in [4.78, 5) is 33.2. The second-order valence-corrected chi connectivity index (χ2v) is 4.11. The smallest absolute Gasteiger partial charge is 0.326 e. The van der Waals surface area contributed by atoms with Crippen molar-refractivity contribution < 1.29 is 19.5 Å². The summed E-state index contributed by atoms with van der Waals surface area (Å²) >= 11 is 0. The number of carboxylic acid groups (broad SMARTS) is 1. The fraction of sp³-hybridized carbons (Fsp3) is 0.700. The molecule has 1 unspecified atom stereocenters. The molecule has 0 aliphatic carbocycles. The van der Waals surface area contributed by atoms with Crippen LogP contribution in [0.2, 0.25) is 0 Å². The van der Waals surface area contributed by atoms with Crippen LogP contribution in [0.4, 0.5) is 0 Å². The molecule has 1 rings (SSSR count). The first-order valence-electron chi connectivity index (χ1n) is 5.53. The van der Waals surface area contributed by atoms with E-state index in [1.807, 2.05) is 0 Å². The van der Waals surface area contributed by atoms with Crippen molar-refractivity contribution in [1.82, 2.24) is 10.6 Å². The molecule has 0 aromatic carbocycles. The Morgan fingerprint density at radius 1 is 1.47 bits per heavy atom. The van der Waals surface area contributed by atoms with E-state index in [0.29, 0.717) is 6.54 Å². The van der Waals surface area contributed by atoms with Gasteiger partial charge in [-0.2, -0.15) is 0 Å². The number of nitrogens with one attached hydrogen (secondary N) is 2. The summed E-state index contributed by atoms with van der Waals surface area (Å²) in [6.45, 7) is 1.40. The molecule has 17 heavy (non-hydrogen) atoms. The van der Waals surface area contributed by atoms with Crippen molar-refractivity contribution in [3.8, 4) is 0 Å². The number of carbonyl (C=O) groups excluding carboxylic acids is 2. The zero-order valence-corrected chi connectivity index (χ0v) is 9.44. The first-order chi connectivity index (χ1) is 8.00. The number of carboxylic acids is 1. The standard InChI is InChI=1S/C10H17N3O4/c11-8(14)4-7(10(16)17)13-9(15)6-2-1-3-12-5-6/h6-7,12H,1-5H2,(H2,11,14)(H,13,15)(H,16,17)/t6-,7?/m1/s1. The molecule has 5 N–H and O–H groups in total. The fourth-order valence-corrected chi connectivity index (χ4v) is 1.77. The number of primary amides is 1. The maximum Gasteiger partial charge on any atom is 0.326 e. The van der Waals surface area contributed by atoms with Gasteiger partial charge in [-0.1, -0.05) is 0 Å². The van der Waals surface area contributed by atoms with E-state index in [0.717, 1.165) is 19.4 Å². The van der Waals surface area contributed by atoms with E-state index in [4.69, 9.17) is 10.8 Å². The molecule has 0 radical (unpaired) electrons. The Bertz CT molecular complexity index is 313. The van der Waals surface area contributed by atoms with Gasteiger partial charge in [0.05, 0.1) is 12.3 Å². The zero-order chi connectivity index (χ0) is 12.8. The van der Waals surface area contributed by atoms with E-state index in [1.54, 1.807) is 0 Å². The Labute approximate surface area is 98.7 Å². The third-order valence-corrected chi connectivity index (χ3v) is 2.69. The van der Waals surface area contributed by atoms with Gasteiger partial charge in [-0.3, -0.25) is 9.59 Å². The van der Waals surface area contributed by atoms with Gasteiger partial charge in [0.1, 0.15) is 6.04 Å².